The number of hydrogen-bond donors (Lipinski definition) is 3. The summed E-state index contributed by atoms with van der Waals surface area (Å²) in [6.45, 7) is 0. The minimum Gasteiger partial charge on any atom is -0.480 e. The number of rotatable bonds is 4. The molecule has 0 bridgehead atoms. The number of nitrogens with two attached hydrogens (primary N) is 2. The van der Waals surface area contributed by atoms with E-state index in [-0.39, 0.29) is 12.8 Å². The van der Waals surface area contributed by atoms with Crippen molar-refractivity contribution in [3.8, 4) is 0 Å². The highest BCUT2D eigenvalue weighted by Gasteiger charge is 2.11. The topological polar surface area (TPSA) is 106 Å². The van der Waals surface area contributed by atoms with Gasteiger partial charge in [-0.2, -0.15) is 0 Å². The van der Waals surface area contributed by atoms with Gasteiger partial charge in [-0.3, -0.25) is 9.59 Å². The Bertz CT molecular complexity index is 146. The first-order valence-corrected chi connectivity index (χ1v) is 2.80. The van der Waals surface area contributed by atoms with Crippen molar-refractivity contribution < 1.29 is 14.7 Å². The number of carbonyl (C=O) groups is 2. The van der Waals surface area contributed by atoms with Gasteiger partial charge in [0, 0.05) is 6.42 Å². The first-order valence-electron chi connectivity index (χ1n) is 2.80. The van der Waals surface area contributed by atoms with Gasteiger partial charge in [0.25, 0.3) is 0 Å². The van der Waals surface area contributed by atoms with E-state index in [1.54, 1.807) is 0 Å². The second kappa shape index (κ2) is 3.84. The molecule has 0 rings (SSSR count). The van der Waals surface area contributed by atoms with Crippen molar-refractivity contribution in [3.63, 3.8) is 0 Å². The van der Waals surface area contributed by atoms with Gasteiger partial charge in [0.05, 0.1) is 0 Å². The highest BCUT2D eigenvalue weighted by atomic mass is 16.4. The Morgan fingerprint density at radius 2 is 2.00 bits per heavy atom. The number of amides is 1. The SMILES string of the molecule is N[13C](=O)[13CH2][13CH2][13C@H](N)C(=O)O. The summed E-state index contributed by atoms with van der Waals surface area (Å²) < 4.78 is 0. The van der Waals surface area contributed by atoms with Crippen molar-refractivity contribution in [3.05, 3.63) is 0 Å². The molecule has 0 aliphatic carbocycles. The number of primary amides is 1. The first kappa shape index (κ1) is 8.90. The van der Waals surface area contributed by atoms with Gasteiger partial charge in [-0.15, -0.1) is 0 Å². The molecule has 0 aliphatic rings. The average Bonchev–Trinajstić information content (AvgIpc) is 1.82. The van der Waals surface area contributed by atoms with E-state index in [4.69, 9.17) is 16.6 Å². The van der Waals surface area contributed by atoms with Crippen LogP contribution in [-0.2, 0) is 9.59 Å². The third kappa shape index (κ3) is 3.85. The van der Waals surface area contributed by atoms with Gasteiger partial charge in [-0.25, -0.2) is 0 Å². The molecule has 0 aliphatic heterocycles. The minimum atomic E-state index is -1.11. The summed E-state index contributed by atoms with van der Waals surface area (Å²) in [6.07, 6.45) is 0.123. The molecule has 1 atom stereocenters. The van der Waals surface area contributed by atoms with Crippen LogP contribution in [0, 0.1) is 0 Å². The zero-order chi connectivity index (χ0) is 8.15. The first-order chi connectivity index (χ1) is 4.54. The summed E-state index contributed by atoms with van der Waals surface area (Å²) in [6, 6.07) is -0.979. The normalized spacial score (nSPS) is 12.5. The quantitative estimate of drug-likeness (QED) is 0.431. The molecule has 0 saturated carbocycles. The molecule has 5 nitrogen and oxygen atoms in total. The van der Waals surface area contributed by atoms with Crippen LogP contribution in [0.4, 0.5) is 0 Å². The maximum Gasteiger partial charge on any atom is 0.320 e. The number of hydrogen-bond acceptors (Lipinski definition) is 3. The number of aliphatic carboxylic acids is 1. The van der Waals surface area contributed by atoms with Gasteiger partial charge >= 0.3 is 5.97 Å². The van der Waals surface area contributed by atoms with Crippen LogP contribution in [-0.4, -0.2) is 23.0 Å². The van der Waals surface area contributed by atoms with Crippen LogP contribution in [0.1, 0.15) is 12.8 Å². The van der Waals surface area contributed by atoms with Crippen molar-refractivity contribution in [1.29, 1.82) is 0 Å². The summed E-state index contributed by atoms with van der Waals surface area (Å²) >= 11 is 0. The fourth-order valence-electron chi connectivity index (χ4n) is 0.421. The molecule has 58 valence electrons. The van der Waals surface area contributed by atoms with Gasteiger partial charge in [-0.1, -0.05) is 0 Å². The van der Waals surface area contributed by atoms with E-state index in [1.807, 2.05) is 0 Å². The zero-order valence-corrected chi connectivity index (χ0v) is 5.41. The van der Waals surface area contributed by atoms with E-state index in [9.17, 15) is 9.59 Å². The average molecular weight is 150 g/mol. The van der Waals surface area contributed by atoms with E-state index >= 15 is 0 Å². The molecular weight excluding hydrogens is 140 g/mol. The molecule has 0 aromatic carbocycles. The Morgan fingerprint density at radius 3 is 2.30 bits per heavy atom. The summed E-state index contributed by atoms with van der Waals surface area (Å²) in [5.41, 5.74) is 9.81. The number of carbonyl (C=O) groups excluding carboxylic acids is 1. The summed E-state index contributed by atoms with van der Waals surface area (Å²) in [5.74, 6) is -1.64. The van der Waals surface area contributed by atoms with Crippen molar-refractivity contribution in [2.75, 3.05) is 0 Å². The van der Waals surface area contributed by atoms with Gasteiger partial charge in [-0.05, 0) is 6.42 Å². The standard InChI is InChI=1S/C5H10N2O3/c6-3(5(9)10)1-2-4(7)8/h3H,1-2,6H2,(H2,7,8)(H,9,10)/t3-/m0/s1/i1+1,2+1,3+1,4+1. The third-order valence-corrected chi connectivity index (χ3v) is 1.02. The van der Waals surface area contributed by atoms with Gasteiger partial charge in [0.2, 0.25) is 5.91 Å². The van der Waals surface area contributed by atoms with Crippen molar-refractivity contribution in [2.24, 2.45) is 11.5 Å². The lowest BCUT2D eigenvalue weighted by Gasteiger charge is -2.01. The second-order valence-electron chi connectivity index (χ2n) is 1.95. The van der Waals surface area contributed by atoms with E-state index in [2.05, 4.69) is 0 Å². The van der Waals surface area contributed by atoms with Crippen LogP contribution in [0.3, 0.4) is 0 Å². The maximum atomic E-state index is 10.1. The lowest BCUT2D eigenvalue weighted by molar-refractivity contribution is -0.138. The molecule has 0 fully saturated rings. The Balaban J connectivity index is 3.49. The molecule has 1 amide bonds. The molecular formula is C5H10N2O3. The largest absolute Gasteiger partial charge is 0.480 e. The fourth-order valence-corrected chi connectivity index (χ4v) is 0.421. The van der Waals surface area contributed by atoms with Crippen LogP contribution >= 0.6 is 0 Å². The van der Waals surface area contributed by atoms with Crippen molar-refractivity contribution >= 4 is 11.9 Å². The second-order valence-corrected chi connectivity index (χ2v) is 1.95. The third-order valence-electron chi connectivity index (χ3n) is 1.02. The van der Waals surface area contributed by atoms with Crippen LogP contribution < -0.4 is 11.5 Å². The molecule has 5 heteroatoms. The highest BCUT2D eigenvalue weighted by Crippen LogP contribution is 1.92. The maximum absolute atomic E-state index is 10.1. The molecule has 10 heavy (non-hydrogen) atoms. The van der Waals surface area contributed by atoms with Crippen molar-refractivity contribution in [2.45, 2.75) is 18.9 Å². The van der Waals surface area contributed by atoms with Gasteiger partial charge in [0.1, 0.15) is 6.04 Å². The van der Waals surface area contributed by atoms with E-state index < -0.39 is 17.9 Å². The monoisotopic (exact) mass is 150 g/mol. The molecule has 0 saturated heterocycles. The zero-order valence-electron chi connectivity index (χ0n) is 5.41. The minimum absolute atomic E-state index is 0.0213. The van der Waals surface area contributed by atoms with E-state index in [1.165, 1.54) is 0 Å². The van der Waals surface area contributed by atoms with E-state index in [0.29, 0.717) is 0 Å². The predicted octanol–water partition coefficient (Wildman–Crippen LogP) is -1.34. The molecule has 0 radical (unpaired) electrons. The lowest BCUT2D eigenvalue weighted by Crippen LogP contribution is -2.31. The number of carboxylic acids is 1. The summed E-state index contributed by atoms with van der Waals surface area (Å²) in [7, 11) is 0. The van der Waals surface area contributed by atoms with Gasteiger partial charge in [0.15, 0.2) is 0 Å². The van der Waals surface area contributed by atoms with Crippen LogP contribution in [0.5, 0.6) is 0 Å². The van der Waals surface area contributed by atoms with Crippen LogP contribution in [0.25, 0.3) is 0 Å². The smallest absolute Gasteiger partial charge is 0.320 e. The van der Waals surface area contributed by atoms with Crippen molar-refractivity contribution in [1.82, 2.24) is 0 Å². The molecule has 0 aromatic rings. The Hall–Kier alpha value is -1.10. The Morgan fingerprint density at radius 1 is 1.50 bits per heavy atom. The highest BCUT2D eigenvalue weighted by molar-refractivity contribution is 5.76. The lowest BCUT2D eigenvalue weighted by atomic mass is 10.9. The van der Waals surface area contributed by atoms with Gasteiger partial charge < -0.3 is 16.6 Å². The van der Waals surface area contributed by atoms with Crippen LogP contribution in [0.15, 0.2) is 0 Å². The molecule has 0 aromatic heterocycles. The molecule has 5 N–H and O–H groups in total. The Labute approximate surface area is 58.0 Å². The molecule has 0 spiro atoms. The fraction of sp³-hybridized carbons (Fsp3) is 0.600. The predicted molar refractivity (Wildman–Crippen MR) is 34.0 cm³/mol. The molecule has 0 heterocycles. The summed E-state index contributed by atoms with van der Waals surface area (Å²) in [5, 5.41) is 8.22. The molecule has 0 unspecified atom stereocenters. The Kier molecular flexibility index (Phi) is 3.42. The van der Waals surface area contributed by atoms with E-state index in [0.717, 1.165) is 0 Å². The van der Waals surface area contributed by atoms with Crippen LogP contribution in [0.2, 0.25) is 0 Å². The summed E-state index contributed by atoms with van der Waals surface area (Å²) in [4.78, 5) is 20.1. The number of carboxylic acid groups (broad SMARTS) is 1.